The van der Waals surface area contributed by atoms with Crippen molar-refractivity contribution in [2.45, 2.75) is 0 Å². The summed E-state index contributed by atoms with van der Waals surface area (Å²) < 4.78 is 1.94. The SMILES string of the molecule is C=CC[N+](Br)CC=C. The first-order valence-electron chi connectivity index (χ1n) is 2.43. The van der Waals surface area contributed by atoms with Crippen molar-refractivity contribution in [1.29, 1.82) is 0 Å². The van der Waals surface area contributed by atoms with Crippen LogP contribution in [0.4, 0.5) is 0 Å². The molecule has 8 heavy (non-hydrogen) atoms. The van der Waals surface area contributed by atoms with Gasteiger partial charge in [-0.2, -0.15) is 0 Å². The average molecular weight is 176 g/mol. The first-order chi connectivity index (χ1) is 3.81. The van der Waals surface area contributed by atoms with E-state index >= 15 is 0 Å². The highest BCUT2D eigenvalue weighted by Gasteiger charge is 2.02. The van der Waals surface area contributed by atoms with Gasteiger partial charge in [-0.3, -0.25) is 0 Å². The molecule has 0 aliphatic carbocycles. The van der Waals surface area contributed by atoms with Crippen molar-refractivity contribution in [2.24, 2.45) is 0 Å². The van der Waals surface area contributed by atoms with Crippen LogP contribution in [0.5, 0.6) is 0 Å². The normalized spacial score (nSPS) is 9.25. The largest absolute Gasteiger partial charge is 0.287 e. The fourth-order valence-electron chi connectivity index (χ4n) is 0.355. The Bertz CT molecular complexity index is 70.6. The Hall–Kier alpha value is -0.0800. The van der Waals surface area contributed by atoms with Crippen LogP contribution < -0.4 is 3.93 Å². The zero-order valence-electron chi connectivity index (χ0n) is 4.81. The van der Waals surface area contributed by atoms with Crippen LogP contribution in [0, 0.1) is 0 Å². The summed E-state index contributed by atoms with van der Waals surface area (Å²) in [6.07, 6.45) is 3.66. The Morgan fingerprint density at radius 2 is 1.62 bits per heavy atom. The second-order valence-electron chi connectivity index (χ2n) is 1.41. The average Bonchev–Trinajstić information content (AvgIpc) is 1.68. The van der Waals surface area contributed by atoms with Crippen LogP contribution in [0.1, 0.15) is 0 Å². The van der Waals surface area contributed by atoms with E-state index in [-0.39, 0.29) is 0 Å². The fourth-order valence-corrected chi connectivity index (χ4v) is 0.764. The molecule has 0 bridgehead atoms. The summed E-state index contributed by atoms with van der Waals surface area (Å²) in [5, 5.41) is 0. The van der Waals surface area contributed by atoms with E-state index in [2.05, 4.69) is 29.3 Å². The van der Waals surface area contributed by atoms with Crippen molar-refractivity contribution < 1.29 is 0 Å². The van der Waals surface area contributed by atoms with Gasteiger partial charge in [-0.25, -0.2) is 0 Å². The molecule has 0 fully saturated rings. The highest BCUT2D eigenvalue weighted by atomic mass is 79.9. The van der Waals surface area contributed by atoms with Gasteiger partial charge in [0.25, 0.3) is 16.1 Å². The number of halogens is 1. The molecule has 0 aromatic rings. The summed E-state index contributed by atoms with van der Waals surface area (Å²) in [6.45, 7) is 8.86. The van der Waals surface area contributed by atoms with Crippen LogP contribution in [0.15, 0.2) is 25.3 Å². The maximum atomic E-state index is 3.58. The minimum absolute atomic E-state index is 0.853. The van der Waals surface area contributed by atoms with Crippen LogP contribution in [0.3, 0.4) is 0 Å². The Kier molecular flexibility index (Phi) is 5.01. The van der Waals surface area contributed by atoms with E-state index in [1.165, 1.54) is 0 Å². The van der Waals surface area contributed by atoms with Crippen LogP contribution in [0.2, 0.25) is 0 Å². The van der Waals surface area contributed by atoms with Crippen LogP contribution in [0.25, 0.3) is 0 Å². The molecule has 0 amide bonds. The van der Waals surface area contributed by atoms with E-state index in [0.717, 1.165) is 13.1 Å². The van der Waals surface area contributed by atoms with E-state index in [1.54, 1.807) is 0 Å². The van der Waals surface area contributed by atoms with Gasteiger partial charge in [0.15, 0.2) is 13.1 Å². The lowest BCUT2D eigenvalue weighted by molar-refractivity contribution is 0.763. The fraction of sp³-hybridized carbons (Fsp3) is 0.333. The highest BCUT2D eigenvalue weighted by Crippen LogP contribution is 1.90. The molecule has 0 aliphatic heterocycles. The molecule has 1 radical (unpaired) electrons. The molecule has 0 rings (SSSR count). The molecular weight excluding hydrogens is 166 g/mol. The lowest BCUT2D eigenvalue weighted by atomic mass is 10.5. The molecule has 0 aromatic carbocycles. The van der Waals surface area contributed by atoms with Gasteiger partial charge in [0.2, 0.25) is 0 Å². The maximum absolute atomic E-state index is 3.58. The molecule has 0 atom stereocenters. The molecule has 0 spiro atoms. The van der Waals surface area contributed by atoms with Crippen molar-refractivity contribution in [3.05, 3.63) is 25.3 Å². The van der Waals surface area contributed by atoms with Gasteiger partial charge in [-0.15, -0.1) is 0 Å². The van der Waals surface area contributed by atoms with Gasteiger partial charge in [-0.05, 0) is 12.2 Å². The summed E-state index contributed by atoms with van der Waals surface area (Å²) in [5.41, 5.74) is 0. The van der Waals surface area contributed by atoms with Crippen molar-refractivity contribution in [2.75, 3.05) is 13.1 Å². The minimum Gasteiger partial charge on any atom is -0.0973 e. The summed E-state index contributed by atoms with van der Waals surface area (Å²) in [4.78, 5) is 0. The van der Waals surface area contributed by atoms with Crippen molar-refractivity contribution in [1.82, 2.24) is 3.93 Å². The van der Waals surface area contributed by atoms with Crippen molar-refractivity contribution in [3.63, 3.8) is 0 Å². The topological polar surface area (TPSA) is 5.90 Å². The number of hydrogen-bond acceptors (Lipinski definition) is 1. The predicted octanol–water partition coefficient (Wildman–Crippen LogP) is 1.81. The highest BCUT2D eigenvalue weighted by molar-refractivity contribution is 9.08. The summed E-state index contributed by atoms with van der Waals surface area (Å²) in [7, 11) is 0. The van der Waals surface area contributed by atoms with Crippen LogP contribution >= 0.6 is 16.1 Å². The Morgan fingerprint density at radius 1 is 1.25 bits per heavy atom. The van der Waals surface area contributed by atoms with Gasteiger partial charge in [-0.1, -0.05) is 17.1 Å². The number of nitrogens with zero attached hydrogens (tertiary/aromatic N) is 1. The molecular formula is C6H10BrN+. The second-order valence-corrected chi connectivity index (χ2v) is 2.41. The summed E-state index contributed by atoms with van der Waals surface area (Å²) in [5.74, 6) is 0. The first-order valence-corrected chi connectivity index (χ1v) is 3.14. The maximum Gasteiger partial charge on any atom is 0.287 e. The van der Waals surface area contributed by atoms with E-state index in [4.69, 9.17) is 0 Å². The van der Waals surface area contributed by atoms with Gasteiger partial charge in [0, 0.05) is 0 Å². The van der Waals surface area contributed by atoms with Crippen LogP contribution in [-0.4, -0.2) is 13.1 Å². The standard InChI is InChI=1S/C6H10BrN/c1-3-5-8(7)6-4-2/h3-4H,1-2,5-6H2/q+1. The second kappa shape index (κ2) is 5.06. The molecule has 45 valence electrons. The van der Waals surface area contributed by atoms with Gasteiger partial charge in [0.05, 0.1) is 0 Å². The Morgan fingerprint density at radius 3 is 1.88 bits per heavy atom. The third-order valence-corrected chi connectivity index (χ3v) is 1.23. The first kappa shape index (κ1) is 7.92. The van der Waals surface area contributed by atoms with Gasteiger partial charge in [0.1, 0.15) is 0 Å². The third-order valence-electron chi connectivity index (χ3n) is 0.654. The molecule has 0 N–H and O–H groups in total. The monoisotopic (exact) mass is 175 g/mol. The predicted molar refractivity (Wildman–Crippen MR) is 41.2 cm³/mol. The molecule has 2 heteroatoms. The third kappa shape index (κ3) is 4.09. The molecule has 0 saturated heterocycles. The van der Waals surface area contributed by atoms with Gasteiger partial charge < -0.3 is 0 Å². The van der Waals surface area contributed by atoms with Crippen molar-refractivity contribution in [3.8, 4) is 0 Å². The van der Waals surface area contributed by atoms with Gasteiger partial charge >= 0.3 is 0 Å². The Balaban J connectivity index is 3.16. The smallest absolute Gasteiger partial charge is 0.0973 e. The van der Waals surface area contributed by atoms with E-state index in [1.807, 2.05) is 16.1 Å². The Labute approximate surface area is 59.0 Å². The lowest BCUT2D eigenvalue weighted by Crippen LogP contribution is -2.16. The van der Waals surface area contributed by atoms with E-state index in [0.29, 0.717) is 0 Å². The molecule has 1 nitrogen and oxygen atoms in total. The number of rotatable bonds is 4. The molecule has 0 aliphatic rings. The van der Waals surface area contributed by atoms with E-state index in [9.17, 15) is 0 Å². The quantitative estimate of drug-likeness (QED) is 0.455. The zero-order valence-corrected chi connectivity index (χ0v) is 6.39. The molecule has 0 heterocycles. The summed E-state index contributed by atoms with van der Waals surface area (Å²) >= 11 is 3.29. The zero-order chi connectivity index (χ0) is 6.41. The number of hydrogen-bond donors (Lipinski definition) is 0. The van der Waals surface area contributed by atoms with Crippen molar-refractivity contribution >= 4 is 16.1 Å². The van der Waals surface area contributed by atoms with Crippen LogP contribution in [-0.2, 0) is 0 Å². The lowest BCUT2D eigenvalue weighted by Gasteiger charge is -1.92. The van der Waals surface area contributed by atoms with E-state index < -0.39 is 0 Å². The minimum atomic E-state index is 0.853. The summed E-state index contributed by atoms with van der Waals surface area (Å²) in [6, 6.07) is 0. The molecule has 0 unspecified atom stereocenters. The molecule has 0 aromatic heterocycles. The molecule has 0 saturated carbocycles.